The number of nitrogens with zero attached hydrogens (tertiary/aromatic N) is 1. The van der Waals surface area contributed by atoms with Crippen molar-refractivity contribution in [1.82, 2.24) is 4.72 Å². The molecule has 0 fully saturated rings. The molecule has 0 aliphatic carbocycles. The van der Waals surface area contributed by atoms with Crippen LogP contribution in [0.15, 0.2) is 41.3 Å². The van der Waals surface area contributed by atoms with Crippen molar-refractivity contribution in [1.29, 1.82) is 0 Å². The number of allylic oxidation sites excluding steroid dienone is 1. The molecule has 0 amide bonds. The second-order valence-corrected chi connectivity index (χ2v) is 5.98. The molecule has 0 aliphatic rings. The molecule has 0 heterocycles. The summed E-state index contributed by atoms with van der Waals surface area (Å²) in [4.78, 5) is 9.92. The summed E-state index contributed by atoms with van der Waals surface area (Å²) in [5, 5.41) is 10.5. The molecule has 6 nitrogen and oxygen atoms in total. The van der Waals surface area contributed by atoms with Gasteiger partial charge in [-0.3, -0.25) is 10.1 Å². The molecule has 0 atom stereocenters. The number of hydrogen-bond acceptors (Lipinski definition) is 4. The third-order valence-corrected chi connectivity index (χ3v) is 3.91. The van der Waals surface area contributed by atoms with Crippen LogP contribution < -0.4 is 4.72 Å². The Hall–Kier alpha value is -1.73. The van der Waals surface area contributed by atoms with Gasteiger partial charge in [-0.25, -0.2) is 13.1 Å². The third-order valence-electron chi connectivity index (χ3n) is 2.43. The first-order valence-electron chi connectivity index (χ1n) is 5.71. The molecule has 1 aromatic carbocycles. The Morgan fingerprint density at radius 2 is 1.95 bits per heavy atom. The van der Waals surface area contributed by atoms with E-state index in [9.17, 15) is 18.5 Å². The second kappa shape index (κ2) is 6.44. The Balaban J connectivity index is 2.66. The Labute approximate surface area is 112 Å². The highest BCUT2D eigenvalue weighted by Gasteiger charge is 2.14. The van der Waals surface area contributed by atoms with Gasteiger partial charge >= 0.3 is 0 Å². The van der Waals surface area contributed by atoms with Crippen molar-refractivity contribution in [2.75, 3.05) is 6.54 Å². The van der Waals surface area contributed by atoms with Gasteiger partial charge in [0.25, 0.3) is 5.69 Å². The first kappa shape index (κ1) is 15.3. The van der Waals surface area contributed by atoms with Crippen LogP contribution in [-0.2, 0) is 10.0 Å². The molecule has 104 valence electrons. The van der Waals surface area contributed by atoms with Crippen LogP contribution in [-0.4, -0.2) is 19.9 Å². The fourth-order valence-corrected chi connectivity index (χ4v) is 2.50. The average Bonchev–Trinajstić information content (AvgIpc) is 2.34. The number of nitrogens with one attached hydrogen (secondary N) is 1. The maximum Gasteiger partial charge on any atom is 0.269 e. The molecule has 7 heteroatoms. The summed E-state index contributed by atoms with van der Waals surface area (Å²) in [7, 11) is -3.60. The van der Waals surface area contributed by atoms with Crippen LogP contribution in [0.4, 0.5) is 5.69 Å². The normalized spacial score (nSPS) is 11.2. The number of nitro groups is 1. The van der Waals surface area contributed by atoms with E-state index in [1.54, 1.807) is 0 Å². The summed E-state index contributed by atoms with van der Waals surface area (Å²) in [6, 6.07) is 4.78. The number of benzene rings is 1. The Bertz CT molecular complexity index is 564. The van der Waals surface area contributed by atoms with Crippen LogP contribution in [0.25, 0.3) is 0 Å². The SMILES string of the molecule is C=C(C)CCCNS(=O)(=O)c1ccc([N+](=O)[O-])cc1. The molecular weight excluding hydrogens is 268 g/mol. The molecule has 1 N–H and O–H groups in total. The molecule has 1 rings (SSSR count). The standard InChI is InChI=1S/C12H16N2O4S/c1-10(2)4-3-9-13-19(17,18)12-7-5-11(6-8-12)14(15)16/h5-8,13H,1,3-4,9H2,2H3. The summed E-state index contributed by atoms with van der Waals surface area (Å²) >= 11 is 0. The van der Waals surface area contributed by atoms with Crippen LogP contribution in [0.3, 0.4) is 0 Å². The summed E-state index contributed by atoms with van der Waals surface area (Å²) in [6.07, 6.45) is 1.42. The Kier molecular flexibility index (Phi) is 5.20. The minimum absolute atomic E-state index is 0.0217. The number of rotatable bonds is 7. The number of sulfonamides is 1. The van der Waals surface area contributed by atoms with Crippen LogP contribution in [0.1, 0.15) is 19.8 Å². The van der Waals surface area contributed by atoms with Crippen LogP contribution >= 0.6 is 0 Å². The topological polar surface area (TPSA) is 89.3 Å². The minimum Gasteiger partial charge on any atom is -0.258 e. The highest BCUT2D eigenvalue weighted by Crippen LogP contribution is 2.15. The molecule has 0 unspecified atom stereocenters. The van der Waals surface area contributed by atoms with E-state index in [-0.39, 0.29) is 10.6 Å². The largest absolute Gasteiger partial charge is 0.269 e. The quantitative estimate of drug-likeness (QED) is 0.360. The maximum atomic E-state index is 11.9. The summed E-state index contributed by atoms with van der Waals surface area (Å²) in [6.45, 7) is 5.92. The smallest absolute Gasteiger partial charge is 0.258 e. The Morgan fingerprint density at radius 3 is 2.42 bits per heavy atom. The summed E-state index contributed by atoms with van der Waals surface area (Å²) in [5.74, 6) is 0. The van der Waals surface area contributed by atoms with Gasteiger partial charge < -0.3 is 0 Å². The minimum atomic E-state index is -3.60. The lowest BCUT2D eigenvalue weighted by Crippen LogP contribution is -2.24. The molecule has 0 saturated heterocycles. The number of hydrogen-bond donors (Lipinski definition) is 1. The molecule has 0 aliphatic heterocycles. The fraction of sp³-hybridized carbons (Fsp3) is 0.333. The van der Waals surface area contributed by atoms with Crippen molar-refractivity contribution in [3.63, 3.8) is 0 Å². The molecule has 0 saturated carbocycles. The van der Waals surface area contributed by atoms with Crippen LogP contribution in [0.2, 0.25) is 0 Å². The van der Waals surface area contributed by atoms with Crippen LogP contribution in [0.5, 0.6) is 0 Å². The van der Waals surface area contributed by atoms with Gasteiger partial charge in [-0.2, -0.15) is 0 Å². The van der Waals surface area contributed by atoms with Crippen molar-refractivity contribution in [2.45, 2.75) is 24.7 Å². The predicted molar refractivity (Wildman–Crippen MR) is 72.3 cm³/mol. The molecular formula is C12H16N2O4S. The van der Waals surface area contributed by atoms with E-state index < -0.39 is 14.9 Å². The highest BCUT2D eigenvalue weighted by atomic mass is 32.2. The van der Waals surface area contributed by atoms with Crippen molar-refractivity contribution >= 4 is 15.7 Å². The van der Waals surface area contributed by atoms with E-state index in [0.717, 1.165) is 12.0 Å². The van der Waals surface area contributed by atoms with Gasteiger partial charge in [0.2, 0.25) is 10.0 Å². The highest BCUT2D eigenvalue weighted by molar-refractivity contribution is 7.89. The van der Waals surface area contributed by atoms with Gasteiger partial charge in [0.05, 0.1) is 9.82 Å². The van der Waals surface area contributed by atoms with E-state index in [4.69, 9.17) is 0 Å². The molecule has 1 aromatic rings. The molecule has 0 spiro atoms. The first-order chi connectivity index (χ1) is 8.83. The Morgan fingerprint density at radius 1 is 1.37 bits per heavy atom. The van der Waals surface area contributed by atoms with Gasteiger partial charge in [0.15, 0.2) is 0 Å². The number of non-ortho nitro benzene ring substituents is 1. The van der Waals surface area contributed by atoms with E-state index in [1.165, 1.54) is 24.3 Å². The van der Waals surface area contributed by atoms with Crippen molar-refractivity contribution < 1.29 is 13.3 Å². The van der Waals surface area contributed by atoms with E-state index in [2.05, 4.69) is 11.3 Å². The number of nitro benzene ring substituents is 1. The van der Waals surface area contributed by atoms with Gasteiger partial charge in [0, 0.05) is 18.7 Å². The molecule has 0 bridgehead atoms. The third kappa shape index (κ3) is 4.80. The van der Waals surface area contributed by atoms with Gasteiger partial charge in [-0.15, -0.1) is 6.58 Å². The average molecular weight is 284 g/mol. The molecule has 19 heavy (non-hydrogen) atoms. The fourth-order valence-electron chi connectivity index (χ4n) is 1.43. The van der Waals surface area contributed by atoms with Crippen LogP contribution in [0, 0.1) is 10.1 Å². The lowest BCUT2D eigenvalue weighted by atomic mass is 10.2. The van der Waals surface area contributed by atoms with Crippen molar-refractivity contribution in [3.05, 3.63) is 46.5 Å². The lowest BCUT2D eigenvalue weighted by Gasteiger charge is -2.06. The molecule has 0 radical (unpaired) electrons. The second-order valence-electron chi connectivity index (χ2n) is 4.21. The summed E-state index contributed by atoms with van der Waals surface area (Å²) < 4.78 is 26.1. The lowest BCUT2D eigenvalue weighted by molar-refractivity contribution is -0.384. The maximum absolute atomic E-state index is 11.9. The van der Waals surface area contributed by atoms with Crippen molar-refractivity contribution in [3.8, 4) is 0 Å². The predicted octanol–water partition coefficient (Wildman–Crippen LogP) is 2.23. The zero-order chi connectivity index (χ0) is 14.5. The zero-order valence-electron chi connectivity index (χ0n) is 10.6. The van der Waals surface area contributed by atoms with Gasteiger partial charge in [-0.1, -0.05) is 5.57 Å². The monoisotopic (exact) mass is 284 g/mol. The van der Waals surface area contributed by atoms with E-state index >= 15 is 0 Å². The van der Waals surface area contributed by atoms with E-state index in [0.29, 0.717) is 13.0 Å². The van der Waals surface area contributed by atoms with Gasteiger partial charge in [-0.05, 0) is 31.9 Å². The van der Waals surface area contributed by atoms with E-state index in [1.807, 2.05) is 6.92 Å². The first-order valence-corrected chi connectivity index (χ1v) is 7.20. The summed E-state index contributed by atoms with van der Waals surface area (Å²) in [5.41, 5.74) is 0.857. The van der Waals surface area contributed by atoms with Gasteiger partial charge in [0.1, 0.15) is 0 Å². The zero-order valence-corrected chi connectivity index (χ0v) is 11.4. The van der Waals surface area contributed by atoms with Crippen molar-refractivity contribution in [2.24, 2.45) is 0 Å². The molecule has 0 aromatic heterocycles.